The summed E-state index contributed by atoms with van der Waals surface area (Å²) in [6.07, 6.45) is -2.89. The minimum absolute atomic E-state index is 0.00148. The van der Waals surface area contributed by atoms with Gasteiger partial charge in [0.25, 0.3) is 0 Å². The number of benzene rings is 2. The fourth-order valence-electron chi connectivity index (χ4n) is 7.52. The first-order valence-electron chi connectivity index (χ1n) is 21.9. The monoisotopic (exact) mass is 1040 g/mol. The van der Waals surface area contributed by atoms with Crippen LogP contribution in [0.15, 0.2) is 70.7 Å². The molecule has 0 spiro atoms. The number of fused-ring (bicyclic) bond motifs is 2. The molecule has 0 amide bonds. The van der Waals surface area contributed by atoms with E-state index in [9.17, 15) is 72.5 Å². The third-order valence-corrected chi connectivity index (χ3v) is 14.8. The molecule has 6 aromatic rings. The van der Waals surface area contributed by atoms with Crippen LogP contribution < -0.4 is 15.0 Å². The predicted octanol–water partition coefficient (Wildman–Crippen LogP) is 8.31. The first kappa shape index (κ1) is 50.7. The number of hydrogen-bond acceptors (Lipinski definition) is 10. The van der Waals surface area contributed by atoms with Crippen molar-refractivity contribution in [3.8, 4) is 23.5 Å². The number of hydrogen-bond donors (Lipinski definition) is 4. The maximum absolute atomic E-state index is 14.3. The smallest absolute Gasteiger partial charge is 0.422 e. The van der Waals surface area contributed by atoms with E-state index in [0.29, 0.717) is 52.5 Å². The lowest BCUT2D eigenvalue weighted by molar-refractivity contribution is -0.147. The van der Waals surface area contributed by atoms with Gasteiger partial charge in [0, 0.05) is 40.8 Å². The van der Waals surface area contributed by atoms with E-state index in [1.54, 1.807) is 30.5 Å². The van der Waals surface area contributed by atoms with Crippen LogP contribution in [-0.2, 0) is 20.0 Å². The van der Waals surface area contributed by atoms with Crippen LogP contribution in [0, 0.1) is 48.1 Å². The second-order valence-corrected chi connectivity index (χ2v) is 20.1. The summed E-state index contributed by atoms with van der Waals surface area (Å²) in [5, 5.41) is 39.3. The topological polar surface area (TPSA) is 216 Å². The van der Waals surface area contributed by atoms with E-state index in [4.69, 9.17) is 14.3 Å². The van der Waals surface area contributed by atoms with Crippen molar-refractivity contribution in [3.05, 3.63) is 100.0 Å². The van der Waals surface area contributed by atoms with Gasteiger partial charge in [0.15, 0.2) is 0 Å². The van der Waals surface area contributed by atoms with Crippen LogP contribution in [0.4, 0.5) is 35.1 Å². The highest BCUT2D eigenvalue weighted by molar-refractivity contribution is 7.89. The van der Waals surface area contributed by atoms with E-state index < -0.39 is 73.0 Å². The van der Waals surface area contributed by atoms with Gasteiger partial charge in [-0.3, -0.25) is 4.98 Å². The SMILES string of the molecule is Cc1cc2c(cc1F)c(C#N)c(B(O)O)n2C1CCC1.[2H][C@@](C)(NS(=O)(=O)c1ccc(-c2c(C#N)c3cc(F)c(C)cc3n2C2CCC2)nc1)C(F)(F)F.[2H][C@@](C)(NS(=O)(=O)c1ccc(Cl)nc1)C(F)(F)F. The summed E-state index contributed by atoms with van der Waals surface area (Å²) in [6.45, 7) is 4.07. The van der Waals surface area contributed by atoms with Crippen LogP contribution in [-0.4, -0.2) is 77.5 Å². The Morgan fingerprint density at radius 1 is 0.743 bits per heavy atom. The molecule has 4 heterocycles. The lowest BCUT2D eigenvalue weighted by atomic mass is 9.81. The second kappa shape index (κ2) is 20.6. The normalized spacial score (nSPS) is 16.7. The van der Waals surface area contributed by atoms with E-state index >= 15 is 0 Å². The van der Waals surface area contributed by atoms with Crippen molar-refractivity contribution < 1.29 is 64.7 Å². The van der Waals surface area contributed by atoms with Gasteiger partial charge in [-0.25, -0.2) is 30.6 Å². The second-order valence-electron chi connectivity index (χ2n) is 16.4. The number of nitrogens with zero attached hydrogens (tertiary/aromatic N) is 6. The molecule has 0 radical (unpaired) electrons. The summed E-state index contributed by atoms with van der Waals surface area (Å²) in [6, 6.07) is 7.90. The van der Waals surface area contributed by atoms with Crippen molar-refractivity contribution in [1.82, 2.24) is 28.5 Å². The minimum atomic E-state index is -5.13. The fourth-order valence-corrected chi connectivity index (χ4v) is 9.79. The molecule has 0 aliphatic heterocycles. The highest BCUT2D eigenvalue weighted by Gasteiger charge is 2.40. The van der Waals surface area contributed by atoms with Crippen molar-refractivity contribution >= 4 is 66.2 Å². The molecule has 372 valence electrons. The number of alkyl halides is 6. The molecule has 2 aromatic carbocycles. The fraction of sp³-hybridized carbons (Fsp3) is 0.364. The quantitative estimate of drug-likeness (QED) is 0.0585. The summed E-state index contributed by atoms with van der Waals surface area (Å²) in [5.74, 6) is -0.858. The zero-order valence-corrected chi connectivity index (χ0v) is 39.6. The van der Waals surface area contributed by atoms with Gasteiger partial charge >= 0.3 is 19.5 Å². The molecule has 26 heteroatoms. The maximum atomic E-state index is 14.3. The van der Waals surface area contributed by atoms with Crippen LogP contribution >= 0.6 is 11.6 Å². The molecule has 0 saturated heterocycles. The zero-order valence-electron chi connectivity index (χ0n) is 39.2. The molecule has 8 rings (SSSR count). The van der Waals surface area contributed by atoms with Gasteiger partial charge in [0.05, 0.1) is 36.4 Å². The Labute approximate surface area is 404 Å². The molecule has 0 bridgehead atoms. The number of rotatable bonds is 10. The molecule has 2 atom stereocenters. The lowest BCUT2D eigenvalue weighted by Crippen LogP contribution is -2.42. The first-order chi connectivity index (χ1) is 33.3. The summed E-state index contributed by atoms with van der Waals surface area (Å²) in [5.41, 5.74) is 3.38. The van der Waals surface area contributed by atoms with E-state index in [2.05, 4.69) is 16.0 Å². The first-order valence-corrected chi connectivity index (χ1v) is 24.2. The molecule has 14 nitrogen and oxygen atoms in total. The molecule has 0 unspecified atom stereocenters. The molecule has 2 fully saturated rings. The van der Waals surface area contributed by atoms with E-state index in [-0.39, 0.29) is 39.7 Å². The van der Waals surface area contributed by atoms with Crippen LogP contribution in [0.1, 0.15) is 89.5 Å². The third-order valence-electron chi connectivity index (χ3n) is 11.7. The molecule has 4 N–H and O–H groups in total. The highest BCUT2D eigenvalue weighted by Crippen LogP contribution is 2.43. The number of halogens is 9. The van der Waals surface area contributed by atoms with E-state index in [0.717, 1.165) is 69.1 Å². The third kappa shape index (κ3) is 11.3. The number of aromatic nitrogens is 4. The Morgan fingerprint density at radius 3 is 1.54 bits per heavy atom. The molecule has 2 saturated carbocycles. The number of pyridine rings is 2. The van der Waals surface area contributed by atoms with E-state index in [1.165, 1.54) is 27.6 Å². The maximum Gasteiger partial charge on any atom is 0.507 e. The average molecular weight is 1040 g/mol. The highest BCUT2D eigenvalue weighted by atomic mass is 35.5. The Kier molecular flexibility index (Phi) is 14.9. The van der Waals surface area contributed by atoms with Gasteiger partial charge in [0.1, 0.15) is 50.8 Å². The number of sulfonamides is 2. The summed E-state index contributed by atoms with van der Waals surface area (Å²) in [7, 11) is -10.9. The van der Waals surface area contributed by atoms with Crippen molar-refractivity contribution in [3.63, 3.8) is 0 Å². The van der Waals surface area contributed by atoms with Crippen LogP contribution in [0.2, 0.25) is 5.15 Å². The largest absolute Gasteiger partial charge is 0.507 e. The van der Waals surface area contributed by atoms with E-state index in [1.807, 2.05) is 10.6 Å². The van der Waals surface area contributed by atoms with Crippen molar-refractivity contribution in [2.75, 3.05) is 0 Å². The molecule has 2 aliphatic carbocycles. The summed E-state index contributed by atoms with van der Waals surface area (Å²) >= 11 is 5.42. The molecule has 4 aromatic heterocycles. The molecule has 70 heavy (non-hydrogen) atoms. The Hall–Kier alpha value is -5.67. The minimum Gasteiger partial charge on any atom is -0.422 e. The predicted molar refractivity (Wildman–Crippen MR) is 242 cm³/mol. The standard InChI is InChI=1S/C22H20F4N4O2S.C14H14BFN2O2.C8H8ClF3N2O2S/c1-12-8-20-16(9-18(12)23)17(10-27)21(30(20)14-4-3-5-14)19-7-6-15(11-28-19)33(31,32)29-13(2)22(24,25)26;1-8-5-13-10(6-12(8)16)11(7-17)14(15(19)20)18(13)9-3-2-4-9;1-5(8(10,11)12)14-17(15,16)6-2-3-7(9)13-4-6/h6-9,11,13-14,29H,3-5H2,1-2H3;5-6,9,19-20H,2-4H2,1H3;2-5,14H,1H3/t13-;;5-/m0.0/s1/i13D;;5D. The van der Waals surface area contributed by atoms with Gasteiger partial charge in [0.2, 0.25) is 20.0 Å². The van der Waals surface area contributed by atoms with Gasteiger partial charge in [-0.2, -0.15) is 46.3 Å². The average Bonchev–Trinajstić information content (AvgIpc) is 3.70. The number of aryl methyl sites for hydroxylation is 2. The van der Waals surface area contributed by atoms with Crippen molar-refractivity contribution in [1.29, 1.82) is 10.5 Å². The molecular weight excluding hydrogens is 999 g/mol. The van der Waals surface area contributed by atoms with Gasteiger partial charge in [-0.1, -0.05) is 11.6 Å². The lowest BCUT2D eigenvalue weighted by Gasteiger charge is -2.30. The van der Waals surface area contributed by atoms with Crippen molar-refractivity contribution in [2.45, 2.75) is 112 Å². The Morgan fingerprint density at radius 2 is 1.17 bits per heavy atom. The van der Waals surface area contributed by atoms with Crippen molar-refractivity contribution in [2.24, 2.45) is 0 Å². The zero-order chi connectivity index (χ0) is 53.7. The number of nitrogens with one attached hydrogen (secondary N) is 2. The van der Waals surface area contributed by atoms with Crippen LogP contribution in [0.25, 0.3) is 33.2 Å². The molecule has 2 aliphatic rings. The number of nitriles is 2. The Bertz CT molecular complexity index is 3360. The van der Waals surface area contributed by atoms with Crippen LogP contribution in [0.3, 0.4) is 0 Å². The van der Waals surface area contributed by atoms with Gasteiger partial charge in [-0.15, -0.1) is 0 Å². The van der Waals surface area contributed by atoms with Gasteiger partial charge in [-0.05, 0) is 126 Å². The van der Waals surface area contributed by atoms with Crippen LogP contribution in [0.5, 0.6) is 0 Å². The summed E-state index contributed by atoms with van der Waals surface area (Å²) in [4.78, 5) is 6.50. The van der Waals surface area contributed by atoms with Gasteiger partial charge < -0.3 is 19.2 Å². The summed E-state index contributed by atoms with van der Waals surface area (Å²) < 4.78 is 173. The Balaban J connectivity index is 0.000000190. The molecular formula is C44H42BClF8N8O6S2.